The fourth-order valence-corrected chi connectivity index (χ4v) is 2.20. The van der Waals surface area contributed by atoms with Gasteiger partial charge < -0.3 is 4.74 Å². The number of hydrogen-bond donors (Lipinski definition) is 1. The molecule has 0 aromatic heterocycles. The van der Waals surface area contributed by atoms with Crippen LogP contribution in [0.3, 0.4) is 0 Å². The smallest absolute Gasteiger partial charge is 0.383 e. The number of methoxy groups -OCH3 is 1. The van der Waals surface area contributed by atoms with Crippen LogP contribution >= 0.6 is 0 Å². The van der Waals surface area contributed by atoms with Crippen molar-refractivity contribution in [1.82, 2.24) is 4.72 Å². The van der Waals surface area contributed by atoms with Crippen LogP contribution in [0.5, 0.6) is 0 Å². The third-order valence-corrected chi connectivity index (χ3v) is 3.57. The Morgan fingerprint density at radius 3 is 2.22 bits per heavy atom. The molecule has 0 unspecified atom stereocenters. The Hall–Kier alpha value is -1.12. The van der Waals surface area contributed by atoms with Gasteiger partial charge in [-0.15, -0.1) is 0 Å². The molecule has 0 spiro atoms. The van der Waals surface area contributed by atoms with E-state index < -0.39 is 21.8 Å². The molecule has 1 rings (SSSR count). The molecule has 0 aliphatic carbocycles. The van der Waals surface area contributed by atoms with Gasteiger partial charge in [-0.1, -0.05) is 0 Å². The normalized spacial score (nSPS) is 12.7. The molecule has 0 amide bonds. The van der Waals surface area contributed by atoms with E-state index >= 15 is 0 Å². The highest BCUT2D eigenvalue weighted by atomic mass is 32.2. The summed E-state index contributed by atoms with van der Waals surface area (Å²) in [6.07, 6.45) is -4.48. The molecule has 0 atom stereocenters. The lowest BCUT2D eigenvalue weighted by Crippen LogP contribution is -2.27. The zero-order chi connectivity index (χ0) is 13.8. The van der Waals surface area contributed by atoms with E-state index in [-0.39, 0.29) is 18.0 Å². The van der Waals surface area contributed by atoms with Gasteiger partial charge in [0.15, 0.2) is 0 Å². The largest absolute Gasteiger partial charge is 0.416 e. The van der Waals surface area contributed by atoms with Crippen molar-refractivity contribution in [1.29, 1.82) is 0 Å². The average Bonchev–Trinajstić information content (AvgIpc) is 2.28. The Kier molecular flexibility index (Phi) is 4.71. The number of sulfonamides is 1. The van der Waals surface area contributed by atoms with Gasteiger partial charge in [-0.2, -0.15) is 13.2 Å². The lowest BCUT2D eigenvalue weighted by molar-refractivity contribution is -0.137. The Morgan fingerprint density at radius 1 is 1.22 bits per heavy atom. The van der Waals surface area contributed by atoms with Crippen molar-refractivity contribution in [2.45, 2.75) is 11.1 Å². The zero-order valence-corrected chi connectivity index (χ0v) is 10.3. The second-order valence-electron chi connectivity index (χ2n) is 3.41. The molecule has 0 bridgehead atoms. The van der Waals surface area contributed by atoms with E-state index in [2.05, 4.69) is 9.46 Å². The number of benzene rings is 1. The predicted octanol–water partition coefficient (Wildman–Crippen LogP) is 1.63. The topological polar surface area (TPSA) is 55.4 Å². The summed E-state index contributed by atoms with van der Waals surface area (Å²) in [5.41, 5.74) is -0.890. The van der Waals surface area contributed by atoms with Crippen LogP contribution in [-0.2, 0) is 20.9 Å². The van der Waals surface area contributed by atoms with Gasteiger partial charge in [-0.3, -0.25) is 0 Å². The lowest BCUT2D eigenvalue weighted by atomic mass is 10.2. The first-order chi connectivity index (χ1) is 8.27. The first-order valence-corrected chi connectivity index (χ1v) is 6.41. The molecule has 1 aromatic carbocycles. The molecule has 0 heterocycles. The minimum absolute atomic E-state index is 0.0554. The summed E-state index contributed by atoms with van der Waals surface area (Å²) in [7, 11) is -2.38. The summed E-state index contributed by atoms with van der Waals surface area (Å²) in [4.78, 5) is -0.216. The van der Waals surface area contributed by atoms with E-state index in [1.165, 1.54) is 7.11 Å². The molecule has 18 heavy (non-hydrogen) atoms. The van der Waals surface area contributed by atoms with Gasteiger partial charge in [-0.25, -0.2) is 13.1 Å². The molecule has 1 aromatic rings. The molecule has 0 saturated carbocycles. The van der Waals surface area contributed by atoms with Gasteiger partial charge in [0.05, 0.1) is 17.1 Å². The Balaban J connectivity index is 2.85. The molecule has 102 valence electrons. The molecule has 0 fully saturated rings. The van der Waals surface area contributed by atoms with Crippen LogP contribution in [-0.4, -0.2) is 28.7 Å². The fraction of sp³-hybridized carbons (Fsp3) is 0.400. The van der Waals surface area contributed by atoms with Gasteiger partial charge in [-0.05, 0) is 24.3 Å². The number of nitrogens with one attached hydrogen (secondary N) is 1. The number of alkyl halides is 3. The third-order valence-electron chi connectivity index (χ3n) is 2.09. The van der Waals surface area contributed by atoms with Crippen molar-refractivity contribution in [3.63, 3.8) is 0 Å². The zero-order valence-electron chi connectivity index (χ0n) is 9.49. The highest BCUT2D eigenvalue weighted by Gasteiger charge is 2.30. The molecule has 0 aliphatic rings. The van der Waals surface area contributed by atoms with Crippen molar-refractivity contribution >= 4 is 10.0 Å². The fourth-order valence-electron chi connectivity index (χ4n) is 1.18. The van der Waals surface area contributed by atoms with E-state index in [1.807, 2.05) is 0 Å². The maximum Gasteiger partial charge on any atom is 0.416 e. The van der Waals surface area contributed by atoms with Crippen molar-refractivity contribution < 1.29 is 26.3 Å². The Morgan fingerprint density at radius 2 is 1.78 bits per heavy atom. The highest BCUT2D eigenvalue weighted by molar-refractivity contribution is 7.89. The predicted molar refractivity (Wildman–Crippen MR) is 58.5 cm³/mol. The highest BCUT2D eigenvalue weighted by Crippen LogP contribution is 2.29. The summed E-state index contributed by atoms with van der Waals surface area (Å²) in [5.74, 6) is 0. The summed E-state index contributed by atoms with van der Waals surface area (Å²) >= 11 is 0. The summed E-state index contributed by atoms with van der Waals surface area (Å²) in [6, 6.07) is 3.28. The van der Waals surface area contributed by atoms with Crippen molar-refractivity contribution in [2.75, 3.05) is 20.3 Å². The van der Waals surface area contributed by atoms with Gasteiger partial charge in [0.1, 0.15) is 0 Å². The van der Waals surface area contributed by atoms with Crippen LogP contribution in [0.15, 0.2) is 29.2 Å². The standard InChI is InChI=1S/C10H12F3NO3S/c1-17-7-6-14-18(15,16)9-4-2-8(3-5-9)10(11,12)13/h2-5,14H,6-7H2,1H3. The second kappa shape index (κ2) is 5.68. The van der Waals surface area contributed by atoms with Gasteiger partial charge in [0, 0.05) is 13.7 Å². The Bertz CT molecular complexity index is 482. The average molecular weight is 283 g/mol. The van der Waals surface area contributed by atoms with Gasteiger partial charge in [0.2, 0.25) is 10.0 Å². The second-order valence-corrected chi connectivity index (χ2v) is 5.18. The minimum atomic E-state index is -4.48. The van der Waals surface area contributed by atoms with E-state index in [0.29, 0.717) is 0 Å². The van der Waals surface area contributed by atoms with E-state index in [0.717, 1.165) is 24.3 Å². The molecule has 8 heteroatoms. The molecule has 4 nitrogen and oxygen atoms in total. The number of rotatable bonds is 5. The first-order valence-electron chi connectivity index (χ1n) is 4.93. The van der Waals surface area contributed by atoms with Crippen LogP contribution in [0.1, 0.15) is 5.56 Å². The van der Waals surface area contributed by atoms with E-state index in [4.69, 9.17) is 0 Å². The first kappa shape index (κ1) is 14.9. The summed E-state index contributed by atoms with van der Waals surface area (Å²) in [5, 5.41) is 0. The SMILES string of the molecule is COCCNS(=O)(=O)c1ccc(C(F)(F)F)cc1. The summed E-state index contributed by atoms with van der Waals surface area (Å²) < 4.78 is 67.0. The number of hydrogen-bond acceptors (Lipinski definition) is 3. The number of halogens is 3. The summed E-state index contributed by atoms with van der Waals surface area (Å²) in [6.45, 7) is 0.236. The van der Waals surface area contributed by atoms with Gasteiger partial charge in [0.25, 0.3) is 0 Å². The monoisotopic (exact) mass is 283 g/mol. The third kappa shape index (κ3) is 3.97. The van der Waals surface area contributed by atoms with Crippen LogP contribution in [0, 0.1) is 0 Å². The molecular weight excluding hydrogens is 271 g/mol. The maximum absolute atomic E-state index is 12.3. The van der Waals surface area contributed by atoms with Crippen LogP contribution < -0.4 is 4.72 Å². The van der Waals surface area contributed by atoms with E-state index in [9.17, 15) is 21.6 Å². The number of ether oxygens (including phenoxy) is 1. The maximum atomic E-state index is 12.3. The molecule has 0 aliphatic heterocycles. The van der Waals surface area contributed by atoms with Crippen LogP contribution in [0.4, 0.5) is 13.2 Å². The Labute approximate surface area is 103 Å². The molecule has 1 N–H and O–H groups in total. The van der Waals surface area contributed by atoms with Crippen molar-refractivity contribution in [2.24, 2.45) is 0 Å². The molecule has 0 radical (unpaired) electrons. The lowest BCUT2D eigenvalue weighted by Gasteiger charge is -2.09. The van der Waals surface area contributed by atoms with Crippen molar-refractivity contribution in [3.8, 4) is 0 Å². The van der Waals surface area contributed by atoms with Crippen LogP contribution in [0.2, 0.25) is 0 Å². The van der Waals surface area contributed by atoms with Crippen LogP contribution in [0.25, 0.3) is 0 Å². The minimum Gasteiger partial charge on any atom is -0.383 e. The molecule has 0 saturated heterocycles. The van der Waals surface area contributed by atoms with Gasteiger partial charge >= 0.3 is 6.18 Å². The van der Waals surface area contributed by atoms with E-state index in [1.54, 1.807) is 0 Å². The van der Waals surface area contributed by atoms with Crippen molar-refractivity contribution in [3.05, 3.63) is 29.8 Å². The quantitative estimate of drug-likeness (QED) is 0.836. The molecular formula is C10H12F3NO3S.